The minimum Gasteiger partial charge on any atom is -0.380 e. The van der Waals surface area contributed by atoms with Crippen molar-refractivity contribution in [1.82, 2.24) is 10.6 Å². The van der Waals surface area contributed by atoms with E-state index in [1.165, 1.54) is 0 Å². The van der Waals surface area contributed by atoms with E-state index in [0.717, 1.165) is 26.1 Å². The molecule has 1 saturated heterocycles. The molecule has 0 atom stereocenters. The lowest BCUT2D eigenvalue weighted by Crippen LogP contribution is -2.51. The van der Waals surface area contributed by atoms with Crippen molar-refractivity contribution in [2.24, 2.45) is 11.8 Å². The molecule has 4 heteroatoms. The van der Waals surface area contributed by atoms with Crippen LogP contribution in [-0.2, 0) is 9.53 Å². The fraction of sp³-hybridized carbons (Fsp3) is 0.909. The zero-order valence-electron chi connectivity index (χ0n) is 9.71. The van der Waals surface area contributed by atoms with Crippen LogP contribution in [-0.4, -0.2) is 38.8 Å². The highest BCUT2D eigenvalue weighted by Crippen LogP contribution is 2.01. The Labute approximate surface area is 91.8 Å². The normalized spacial score (nSPS) is 16.5. The summed E-state index contributed by atoms with van der Waals surface area (Å²) in [6.07, 6.45) is 1.08. The molecule has 1 fully saturated rings. The lowest BCUT2D eigenvalue weighted by atomic mass is 10.0. The first-order chi connectivity index (χ1) is 7.20. The highest BCUT2D eigenvalue weighted by molar-refractivity contribution is 5.79. The van der Waals surface area contributed by atoms with E-state index in [4.69, 9.17) is 4.74 Å². The molecule has 1 amide bonds. The maximum Gasteiger partial charge on any atom is 0.225 e. The van der Waals surface area contributed by atoms with Crippen LogP contribution in [0.4, 0.5) is 0 Å². The molecule has 0 aromatic rings. The van der Waals surface area contributed by atoms with Crippen LogP contribution in [0.2, 0.25) is 0 Å². The van der Waals surface area contributed by atoms with Crippen molar-refractivity contribution in [3.8, 4) is 0 Å². The van der Waals surface area contributed by atoms with Gasteiger partial charge in [0.1, 0.15) is 0 Å². The molecule has 2 N–H and O–H groups in total. The van der Waals surface area contributed by atoms with Gasteiger partial charge in [-0.25, -0.2) is 0 Å². The van der Waals surface area contributed by atoms with Crippen LogP contribution < -0.4 is 10.6 Å². The van der Waals surface area contributed by atoms with E-state index >= 15 is 0 Å². The molecule has 88 valence electrons. The molecule has 0 unspecified atom stereocenters. The number of rotatable bonds is 7. The van der Waals surface area contributed by atoms with Crippen molar-refractivity contribution in [1.29, 1.82) is 0 Å². The van der Waals surface area contributed by atoms with Gasteiger partial charge in [-0.05, 0) is 12.3 Å². The van der Waals surface area contributed by atoms with Gasteiger partial charge in [-0.1, -0.05) is 13.8 Å². The first kappa shape index (κ1) is 12.5. The summed E-state index contributed by atoms with van der Waals surface area (Å²) in [4.78, 5) is 11.4. The minimum atomic E-state index is 0.154. The minimum absolute atomic E-state index is 0.154. The molecule has 1 aliphatic heterocycles. The molecule has 15 heavy (non-hydrogen) atoms. The summed E-state index contributed by atoms with van der Waals surface area (Å²) in [7, 11) is 0. The SMILES string of the molecule is CC(C)CCOCCNC(=O)C1CNC1. The third-order valence-electron chi connectivity index (χ3n) is 2.54. The maximum absolute atomic E-state index is 11.4. The number of amides is 1. The number of ether oxygens (including phenoxy) is 1. The van der Waals surface area contributed by atoms with Crippen LogP contribution in [0.15, 0.2) is 0 Å². The van der Waals surface area contributed by atoms with Gasteiger partial charge in [0.15, 0.2) is 0 Å². The lowest BCUT2D eigenvalue weighted by Gasteiger charge is -2.25. The van der Waals surface area contributed by atoms with Crippen LogP contribution in [0.1, 0.15) is 20.3 Å². The van der Waals surface area contributed by atoms with Crippen LogP contribution in [0, 0.1) is 11.8 Å². The first-order valence-electron chi connectivity index (χ1n) is 5.76. The standard InChI is InChI=1S/C11H22N2O2/c1-9(2)3-5-15-6-4-13-11(14)10-7-12-8-10/h9-10,12H,3-8H2,1-2H3,(H,13,14). The summed E-state index contributed by atoms with van der Waals surface area (Å²) < 4.78 is 5.40. The molecule has 1 aliphatic rings. The van der Waals surface area contributed by atoms with Gasteiger partial charge in [-0.15, -0.1) is 0 Å². The van der Waals surface area contributed by atoms with Gasteiger partial charge in [-0.2, -0.15) is 0 Å². The van der Waals surface area contributed by atoms with E-state index in [-0.39, 0.29) is 11.8 Å². The second-order valence-corrected chi connectivity index (χ2v) is 4.44. The van der Waals surface area contributed by atoms with E-state index in [1.807, 2.05) is 0 Å². The van der Waals surface area contributed by atoms with Crippen molar-refractivity contribution in [3.63, 3.8) is 0 Å². The van der Waals surface area contributed by atoms with Gasteiger partial charge in [0.05, 0.1) is 12.5 Å². The molecular formula is C11H22N2O2. The first-order valence-corrected chi connectivity index (χ1v) is 5.76. The zero-order chi connectivity index (χ0) is 11.1. The Morgan fingerprint density at radius 3 is 2.73 bits per heavy atom. The van der Waals surface area contributed by atoms with Gasteiger partial charge >= 0.3 is 0 Å². The molecule has 1 heterocycles. The molecule has 0 saturated carbocycles. The Morgan fingerprint density at radius 1 is 1.47 bits per heavy atom. The number of hydrogen-bond acceptors (Lipinski definition) is 3. The molecule has 1 rings (SSSR count). The second-order valence-electron chi connectivity index (χ2n) is 4.44. The lowest BCUT2D eigenvalue weighted by molar-refractivity contribution is -0.126. The van der Waals surface area contributed by atoms with Crippen LogP contribution in [0.5, 0.6) is 0 Å². The molecule has 0 radical (unpaired) electrons. The average Bonchev–Trinajstić information content (AvgIpc) is 2.07. The quantitative estimate of drug-likeness (QED) is 0.603. The molecule has 4 nitrogen and oxygen atoms in total. The number of carbonyl (C=O) groups excluding carboxylic acids is 1. The van der Waals surface area contributed by atoms with Crippen LogP contribution in [0.25, 0.3) is 0 Å². The fourth-order valence-electron chi connectivity index (χ4n) is 1.29. The number of nitrogens with one attached hydrogen (secondary N) is 2. The van der Waals surface area contributed by atoms with E-state index < -0.39 is 0 Å². The van der Waals surface area contributed by atoms with Crippen molar-refractivity contribution in [2.75, 3.05) is 32.8 Å². The van der Waals surface area contributed by atoms with Crippen molar-refractivity contribution >= 4 is 5.91 Å². The summed E-state index contributed by atoms with van der Waals surface area (Å²) in [6.45, 7) is 8.04. The Morgan fingerprint density at radius 2 is 2.20 bits per heavy atom. The third kappa shape index (κ3) is 5.14. The molecule has 0 aromatic heterocycles. The Kier molecular flexibility index (Phi) is 5.65. The fourth-order valence-corrected chi connectivity index (χ4v) is 1.29. The summed E-state index contributed by atoms with van der Waals surface area (Å²) >= 11 is 0. The van der Waals surface area contributed by atoms with E-state index in [2.05, 4.69) is 24.5 Å². The summed E-state index contributed by atoms with van der Waals surface area (Å²) in [5, 5.41) is 5.94. The Hall–Kier alpha value is -0.610. The smallest absolute Gasteiger partial charge is 0.225 e. The van der Waals surface area contributed by atoms with Gasteiger partial charge in [-0.3, -0.25) is 4.79 Å². The van der Waals surface area contributed by atoms with Crippen LogP contribution >= 0.6 is 0 Å². The molecule has 0 aliphatic carbocycles. The van der Waals surface area contributed by atoms with Gasteiger partial charge in [0.25, 0.3) is 0 Å². The average molecular weight is 214 g/mol. The van der Waals surface area contributed by atoms with E-state index in [1.54, 1.807) is 0 Å². The molecular weight excluding hydrogens is 192 g/mol. The van der Waals surface area contributed by atoms with E-state index in [0.29, 0.717) is 19.1 Å². The molecule has 0 bridgehead atoms. The number of hydrogen-bond donors (Lipinski definition) is 2. The van der Waals surface area contributed by atoms with Gasteiger partial charge in [0, 0.05) is 26.2 Å². The highest BCUT2D eigenvalue weighted by atomic mass is 16.5. The topological polar surface area (TPSA) is 50.4 Å². The monoisotopic (exact) mass is 214 g/mol. The summed E-state index contributed by atoms with van der Waals surface area (Å²) in [6, 6.07) is 0. The predicted molar refractivity (Wildman–Crippen MR) is 59.6 cm³/mol. The van der Waals surface area contributed by atoms with Crippen molar-refractivity contribution in [3.05, 3.63) is 0 Å². The molecule has 0 spiro atoms. The zero-order valence-corrected chi connectivity index (χ0v) is 9.71. The van der Waals surface area contributed by atoms with Gasteiger partial charge < -0.3 is 15.4 Å². The maximum atomic E-state index is 11.4. The second kappa shape index (κ2) is 6.80. The largest absolute Gasteiger partial charge is 0.380 e. The number of carbonyl (C=O) groups is 1. The van der Waals surface area contributed by atoms with Crippen molar-refractivity contribution < 1.29 is 9.53 Å². The van der Waals surface area contributed by atoms with E-state index in [9.17, 15) is 4.79 Å². The van der Waals surface area contributed by atoms with Crippen LogP contribution in [0.3, 0.4) is 0 Å². The van der Waals surface area contributed by atoms with Crippen molar-refractivity contribution in [2.45, 2.75) is 20.3 Å². The molecule has 0 aromatic carbocycles. The third-order valence-corrected chi connectivity index (χ3v) is 2.54. The Bertz CT molecular complexity index is 191. The summed E-state index contributed by atoms with van der Waals surface area (Å²) in [5.74, 6) is 1.02. The summed E-state index contributed by atoms with van der Waals surface area (Å²) in [5.41, 5.74) is 0. The predicted octanol–water partition coefficient (Wildman–Crippen LogP) is 0.385. The highest BCUT2D eigenvalue weighted by Gasteiger charge is 2.23. The van der Waals surface area contributed by atoms with Gasteiger partial charge in [0.2, 0.25) is 5.91 Å². The Balaban J connectivity index is 1.86.